The minimum Gasteiger partial charge on any atom is -0.497 e. The molecule has 4 bridgehead atoms. The van der Waals surface area contributed by atoms with E-state index in [9.17, 15) is 39.8 Å². The Labute approximate surface area is 468 Å². The van der Waals surface area contributed by atoms with Crippen LogP contribution in [0.2, 0.25) is 18.1 Å². The van der Waals surface area contributed by atoms with E-state index < -0.39 is 138 Å². The number of ether oxygens (including phenoxy) is 4. The van der Waals surface area contributed by atoms with Crippen molar-refractivity contribution in [2.75, 3.05) is 59.6 Å². The van der Waals surface area contributed by atoms with Gasteiger partial charge in [0.15, 0.2) is 0 Å². The van der Waals surface area contributed by atoms with E-state index in [0.29, 0.717) is 22.6 Å². The zero-order valence-electron chi connectivity index (χ0n) is 42.5. The molecule has 8 radical (unpaired) electrons. The number of nitrogens with one attached hydrogen (secondary N) is 1. The second kappa shape index (κ2) is 29.2. The van der Waals surface area contributed by atoms with E-state index in [2.05, 4.69) is 4.98 Å². The smallest absolute Gasteiger partial charge is 0.497 e. The number of aromatic amines is 1. The molecule has 5 N–H and O–H groups in total. The summed E-state index contributed by atoms with van der Waals surface area (Å²) in [7, 11) is -23.0. The summed E-state index contributed by atoms with van der Waals surface area (Å²) in [5.41, 5.74) is -0.00430. The Hall–Kier alpha value is -3.36. The van der Waals surface area contributed by atoms with Crippen LogP contribution >= 0.6 is 7.82 Å². The summed E-state index contributed by atoms with van der Waals surface area (Å²) in [6.07, 6.45) is -1.78. The van der Waals surface area contributed by atoms with Crippen LogP contribution in [-0.4, -0.2) is 177 Å². The van der Waals surface area contributed by atoms with Gasteiger partial charge in [-0.1, -0.05) is 54.6 Å². The number of aromatic nitrogens is 2. The molecule has 0 amide bonds. The van der Waals surface area contributed by atoms with Crippen molar-refractivity contribution in [3.63, 3.8) is 0 Å². The molecular weight excluding hydrogens is 1200 g/mol. The molecule has 0 spiro atoms. The van der Waals surface area contributed by atoms with Gasteiger partial charge in [0.2, 0.25) is 0 Å². The molecule has 27 nitrogen and oxygen atoms in total. The number of aliphatic hydroxyl groups is 4. The highest BCUT2D eigenvalue weighted by atomic mass is 31.2. The standard InChI is InChI=1S/C43H56N3O24PSi8/c1-32-29-46(42(52)45-41(32)51)40-28-38(50)39(60-40)30-56-43(33-8-4-3-5-9-33,34-10-14-36(54-2)15-11-34)35-12-16-37(17-13-35)55-22-7-24-58-71(53,57-23-6-18-44)59-31-75-62-73-64-77-65-76-63-72-61-74(25-19-47)66-78(68-76,26-20-48)70-79(67-75,69-77)27-21-49/h3-5,8-17,29,38-40,47-50H,6-7,19-28,30-31H2,1-2H3,(H,45,51,52)/t38-,39-,40-,43?,71?,78?,79?/m1/s1. The summed E-state index contributed by atoms with van der Waals surface area (Å²) in [5, 5.41) is 50.7. The number of aliphatic hydroxyl groups excluding tert-OH is 4. The minimum absolute atomic E-state index is 0.0705. The first-order valence-corrected chi connectivity index (χ1v) is 36.9. The summed E-state index contributed by atoms with van der Waals surface area (Å²) in [6, 6.07) is 25.7. The number of hydrogen-bond acceptors (Lipinski definition) is 25. The van der Waals surface area contributed by atoms with Crippen LogP contribution in [0.1, 0.15) is 47.7 Å². The first kappa shape index (κ1) is 61.7. The molecule has 424 valence electrons. The van der Waals surface area contributed by atoms with E-state index in [4.69, 9.17) is 73.7 Å². The second-order valence-electron chi connectivity index (χ2n) is 17.2. The van der Waals surface area contributed by atoms with Crippen molar-refractivity contribution in [2.45, 2.75) is 68.4 Å². The molecule has 7 atom stereocenters. The summed E-state index contributed by atoms with van der Waals surface area (Å²) < 4.78 is 118. The van der Waals surface area contributed by atoms with Crippen molar-refractivity contribution in [3.8, 4) is 17.6 Å². The predicted molar refractivity (Wildman–Crippen MR) is 281 cm³/mol. The van der Waals surface area contributed by atoms with Crippen LogP contribution in [0.15, 0.2) is 94.6 Å². The summed E-state index contributed by atoms with van der Waals surface area (Å²) in [6.45, 7) is -0.244. The lowest BCUT2D eigenvalue weighted by atomic mass is 9.80. The Morgan fingerprint density at radius 3 is 2.06 bits per heavy atom. The van der Waals surface area contributed by atoms with Gasteiger partial charge >= 0.3 is 88.8 Å². The third kappa shape index (κ3) is 16.0. The zero-order chi connectivity index (χ0) is 55.9. The molecule has 4 saturated heterocycles. The van der Waals surface area contributed by atoms with Crippen LogP contribution in [-0.2, 0) is 74.4 Å². The van der Waals surface area contributed by atoms with Crippen molar-refractivity contribution in [3.05, 3.63) is 128 Å². The number of aryl methyl sites for hydroxylation is 1. The van der Waals surface area contributed by atoms with Crippen LogP contribution in [0.25, 0.3) is 0 Å². The Kier molecular flexibility index (Phi) is 22.8. The number of phosphoric ester groups is 1. The number of fused-ring (bicyclic) bond motifs is 4. The minimum atomic E-state index is -4.44. The van der Waals surface area contributed by atoms with Crippen molar-refractivity contribution < 1.29 is 98.7 Å². The maximum Gasteiger partial charge on any atom is 0.551 e. The number of nitrogens with zero attached hydrogens (tertiary/aromatic N) is 2. The molecule has 4 aliphatic heterocycles. The molecule has 4 unspecified atom stereocenters. The van der Waals surface area contributed by atoms with E-state index in [-0.39, 0.29) is 70.4 Å². The Morgan fingerprint density at radius 2 is 1.43 bits per heavy atom. The van der Waals surface area contributed by atoms with Gasteiger partial charge in [-0.05, 0) is 47.9 Å². The van der Waals surface area contributed by atoms with Gasteiger partial charge in [0, 0.05) is 62.6 Å². The third-order valence-electron chi connectivity index (χ3n) is 11.9. The van der Waals surface area contributed by atoms with Crippen LogP contribution < -0.4 is 20.7 Å². The fraction of sp³-hybridized carbons (Fsp3) is 0.465. The normalized spacial score (nSPS) is 25.1. The van der Waals surface area contributed by atoms with E-state index in [1.54, 1.807) is 26.2 Å². The monoisotopic (exact) mass is 1250 g/mol. The molecule has 0 aliphatic carbocycles. The molecule has 8 rings (SSSR count). The number of rotatable bonds is 26. The highest BCUT2D eigenvalue weighted by Gasteiger charge is 2.63. The molecule has 36 heteroatoms. The van der Waals surface area contributed by atoms with Gasteiger partial charge in [-0.15, -0.1) is 0 Å². The first-order chi connectivity index (χ1) is 38.3. The molecule has 79 heavy (non-hydrogen) atoms. The number of benzene rings is 3. The Morgan fingerprint density at radius 1 is 0.810 bits per heavy atom. The quantitative estimate of drug-likeness (QED) is 0.0253. The number of H-pyrrole nitrogens is 1. The van der Waals surface area contributed by atoms with E-state index in [1.807, 2.05) is 72.8 Å². The van der Waals surface area contributed by atoms with Crippen LogP contribution in [0, 0.1) is 18.3 Å². The number of phosphoric acid groups is 1. The van der Waals surface area contributed by atoms with Gasteiger partial charge in [0.1, 0.15) is 35.7 Å². The van der Waals surface area contributed by atoms with Crippen molar-refractivity contribution in [2.24, 2.45) is 0 Å². The average molecular weight is 1250 g/mol. The van der Waals surface area contributed by atoms with Gasteiger partial charge in [0.05, 0.1) is 52.1 Å². The SMILES string of the molecule is COc1ccc(C(OC[C@H]2O[C@@H](n3cc(C)c(=O)[nH]c3=O)C[C@H]2O)(c2ccccc2)c2ccc(OCCCOP(=O)(OCCC#N)OC[Si]3O[Si]O[Si]4O[Si]5O[Si]O[Si](CCO)O[Si](CCO)(O5)O[Si](CCO)(O3)O4)cc2)cc1. The fourth-order valence-corrected chi connectivity index (χ4v) is 31.8. The fourth-order valence-electron chi connectivity index (χ4n) is 8.18. The highest BCUT2D eigenvalue weighted by Crippen LogP contribution is 2.50. The molecule has 0 saturated carbocycles. The summed E-state index contributed by atoms with van der Waals surface area (Å²) in [4.78, 5) is 27.2. The van der Waals surface area contributed by atoms with Crippen molar-refractivity contribution in [1.82, 2.24) is 9.55 Å². The Bertz CT molecular complexity index is 2780. The van der Waals surface area contributed by atoms with Crippen molar-refractivity contribution >= 4 is 83.1 Å². The molecule has 1 aromatic heterocycles. The van der Waals surface area contributed by atoms with Crippen LogP contribution in [0.5, 0.6) is 11.5 Å². The summed E-state index contributed by atoms with van der Waals surface area (Å²) in [5.74, 6) is 1.08. The lowest BCUT2D eigenvalue weighted by Crippen LogP contribution is -2.70. The van der Waals surface area contributed by atoms with Gasteiger partial charge in [-0.3, -0.25) is 27.9 Å². The highest BCUT2D eigenvalue weighted by molar-refractivity contribution is 7.48. The maximum absolute atomic E-state index is 14.1. The molecule has 4 aliphatic rings. The number of hydrogen-bond donors (Lipinski definition) is 5. The third-order valence-corrected chi connectivity index (χ3v) is 32.7. The first-order valence-electron chi connectivity index (χ1n) is 24.5. The lowest BCUT2D eigenvalue weighted by molar-refractivity contribution is -0.0944. The maximum atomic E-state index is 14.1. The second-order valence-corrected chi connectivity index (χ2v) is 34.4. The zero-order valence-corrected chi connectivity index (χ0v) is 51.4. The molecule has 3 aromatic carbocycles. The predicted octanol–water partition coefficient (Wildman–Crippen LogP) is 0.967. The molecule has 4 aromatic rings. The average Bonchev–Trinajstić information content (AvgIpc) is 3.96. The van der Waals surface area contributed by atoms with Gasteiger partial charge in [-0.25, -0.2) is 9.36 Å². The van der Waals surface area contributed by atoms with E-state index in [1.165, 1.54) is 10.8 Å². The Balaban J connectivity index is 0.937. The molecule has 5 heterocycles. The number of nitriles is 1. The molecule has 4 fully saturated rings. The molecular formula is C43H56N3O24PSi8. The topological polar surface area (TPSA) is 334 Å². The lowest BCUT2D eigenvalue weighted by Gasteiger charge is -2.45. The van der Waals surface area contributed by atoms with Crippen molar-refractivity contribution in [1.29, 1.82) is 5.26 Å². The van der Waals surface area contributed by atoms with Gasteiger partial charge in [-0.2, -0.15) is 5.26 Å². The van der Waals surface area contributed by atoms with E-state index >= 15 is 0 Å². The van der Waals surface area contributed by atoms with Gasteiger partial charge in [0.25, 0.3) is 5.56 Å². The number of methoxy groups -OCH3 is 1. The van der Waals surface area contributed by atoms with Crippen LogP contribution in [0.4, 0.5) is 0 Å². The largest absolute Gasteiger partial charge is 0.551 e. The van der Waals surface area contributed by atoms with Gasteiger partial charge < -0.3 is 80.5 Å². The summed E-state index contributed by atoms with van der Waals surface area (Å²) >= 11 is 0. The van der Waals surface area contributed by atoms with E-state index in [0.717, 1.165) is 11.1 Å². The van der Waals surface area contributed by atoms with Crippen LogP contribution in [0.3, 0.4) is 0 Å².